The van der Waals surface area contributed by atoms with E-state index in [-0.39, 0.29) is 5.91 Å². The molecule has 2 aliphatic heterocycles. The number of anilines is 2. The lowest BCUT2D eigenvalue weighted by Gasteiger charge is -2.41. The predicted octanol–water partition coefficient (Wildman–Crippen LogP) is 2.50. The molecule has 1 aromatic rings. The molecule has 96 valence electrons. The van der Waals surface area contributed by atoms with E-state index in [0.29, 0.717) is 36.2 Å². The van der Waals surface area contributed by atoms with E-state index in [2.05, 4.69) is 26.6 Å². The molecule has 6 heteroatoms. The quantitative estimate of drug-likeness (QED) is 0.773. The molecule has 18 heavy (non-hydrogen) atoms. The number of benzene rings is 1. The van der Waals surface area contributed by atoms with Crippen molar-refractivity contribution in [3.63, 3.8) is 0 Å². The third-order valence-electron chi connectivity index (χ3n) is 3.46. The highest BCUT2D eigenvalue weighted by atomic mass is 79.9. The number of carbonyl (C=O) groups is 1. The summed E-state index contributed by atoms with van der Waals surface area (Å²) in [4.78, 5) is 12.2. The topological polar surface area (TPSA) is 50.4 Å². The van der Waals surface area contributed by atoms with Crippen molar-refractivity contribution in [2.24, 2.45) is 0 Å². The standard InChI is InChI=1S/C12H12BrFN2O2/c13-7-5-10-9(6-8(7)14)15-11(17)12(16-10)1-3-18-4-2-12/h5-6,16H,1-4H2,(H,15,17). The van der Waals surface area contributed by atoms with Gasteiger partial charge in [-0.05, 0) is 22.0 Å². The minimum absolute atomic E-state index is 0.111. The summed E-state index contributed by atoms with van der Waals surface area (Å²) in [6, 6.07) is 2.97. The van der Waals surface area contributed by atoms with Crippen LogP contribution in [0.25, 0.3) is 0 Å². The Morgan fingerprint density at radius 1 is 1.28 bits per heavy atom. The van der Waals surface area contributed by atoms with Gasteiger partial charge >= 0.3 is 0 Å². The summed E-state index contributed by atoms with van der Waals surface area (Å²) in [6.45, 7) is 1.11. The summed E-state index contributed by atoms with van der Waals surface area (Å²) in [7, 11) is 0. The van der Waals surface area contributed by atoms with Crippen LogP contribution in [0.4, 0.5) is 15.8 Å². The van der Waals surface area contributed by atoms with Crippen molar-refractivity contribution in [1.29, 1.82) is 0 Å². The zero-order valence-corrected chi connectivity index (χ0v) is 11.1. The van der Waals surface area contributed by atoms with E-state index < -0.39 is 11.4 Å². The van der Waals surface area contributed by atoms with Crippen molar-refractivity contribution in [3.05, 3.63) is 22.4 Å². The lowest BCUT2D eigenvalue weighted by molar-refractivity contribution is -0.123. The van der Waals surface area contributed by atoms with E-state index in [4.69, 9.17) is 4.74 Å². The molecule has 0 aliphatic carbocycles. The fourth-order valence-electron chi connectivity index (χ4n) is 2.38. The molecule has 0 saturated carbocycles. The molecular formula is C12H12BrFN2O2. The van der Waals surface area contributed by atoms with E-state index in [1.54, 1.807) is 6.07 Å². The highest BCUT2D eigenvalue weighted by Gasteiger charge is 2.43. The number of ether oxygens (including phenoxy) is 1. The molecule has 1 amide bonds. The van der Waals surface area contributed by atoms with Crippen LogP contribution < -0.4 is 10.6 Å². The van der Waals surface area contributed by atoms with Crippen LogP contribution in [0.1, 0.15) is 12.8 Å². The van der Waals surface area contributed by atoms with E-state index >= 15 is 0 Å². The number of nitrogens with one attached hydrogen (secondary N) is 2. The van der Waals surface area contributed by atoms with Gasteiger partial charge < -0.3 is 15.4 Å². The fraction of sp³-hybridized carbons (Fsp3) is 0.417. The van der Waals surface area contributed by atoms with Gasteiger partial charge in [-0.3, -0.25) is 4.79 Å². The lowest BCUT2D eigenvalue weighted by atomic mass is 9.86. The van der Waals surface area contributed by atoms with Crippen LogP contribution in [0.3, 0.4) is 0 Å². The molecule has 1 spiro atoms. The summed E-state index contributed by atoms with van der Waals surface area (Å²) in [6.07, 6.45) is 1.24. The number of hydrogen-bond acceptors (Lipinski definition) is 3. The number of carbonyl (C=O) groups excluding carboxylic acids is 1. The van der Waals surface area contributed by atoms with Crippen molar-refractivity contribution >= 4 is 33.2 Å². The number of fused-ring (bicyclic) bond motifs is 1. The van der Waals surface area contributed by atoms with Crippen molar-refractivity contribution in [1.82, 2.24) is 0 Å². The van der Waals surface area contributed by atoms with Gasteiger partial charge in [-0.15, -0.1) is 0 Å². The number of amides is 1. The Bertz CT molecular complexity index is 515. The van der Waals surface area contributed by atoms with E-state index in [0.717, 1.165) is 5.69 Å². The molecule has 1 aromatic carbocycles. The first-order chi connectivity index (χ1) is 8.61. The van der Waals surface area contributed by atoms with Gasteiger partial charge in [-0.25, -0.2) is 4.39 Å². The Morgan fingerprint density at radius 2 is 2.00 bits per heavy atom. The highest BCUT2D eigenvalue weighted by molar-refractivity contribution is 9.10. The lowest BCUT2D eigenvalue weighted by Crippen LogP contribution is -2.55. The van der Waals surface area contributed by atoms with Crippen molar-refractivity contribution in [2.75, 3.05) is 23.8 Å². The molecule has 4 nitrogen and oxygen atoms in total. The molecule has 0 atom stereocenters. The first-order valence-corrected chi connectivity index (χ1v) is 6.56. The van der Waals surface area contributed by atoms with Crippen LogP contribution in [0, 0.1) is 5.82 Å². The average molecular weight is 315 g/mol. The molecule has 0 bridgehead atoms. The second kappa shape index (κ2) is 4.20. The maximum atomic E-state index is 13.4. The third-order valence-corrected chi connectivity index (χ3v) is 4.07. The van der Waals surface area contributed by atoms with Gasteiger partial charge in [0.1, 0.15) is 11.4 Å². The molecule has 2 heterocycles. The fourth-order valence-corrected chi connectivity index (χ4v) is 2.73. The van der Waals surface area contributed by atoms with Gasteiger partial charge in [0.25, 0.3) is 0 Å². The summed E-state index contributed by atoms with van der Waals surface area (Å²) in [5, 5.41) is 6.01. The van der Waals surface area contributed by atoms with E-state index in [1.165, 1.54) is 6.07 Å². The van der Waals surface area contributed by atoms with Crippen LogP contribution in [0.5, 0.6) is 0 Å². The minimum atomic E-state index is -0.623. The number of rotatable bonds is 0. The normalized spacial score (nSPS) is 21.1. The van der Waals surface area contributed by atoms with Crippen molar-refractivity contribution in [2.45, 2.75) is 18.4 Å². The van der Waals surface area contributed by atoms with Gasteiger partial charge in [-0.2, -0.15) is 0 Å². The van der Waals surface area contributed by atoms with Crippen LogP contribution in [-0.4, -0.2) is 24.7 Å². The third kappa shape index (κ3) is 1.80. The molecular weight excluding hydrogens is 303 g/mol. The van der Waals surface area contributed by atoms with Gasteiger partial charge in [0.15, 0.2) is 0 Å². The predicted molar refractivity (Wildman–Crippen MR) is 69.1 cm³/mol. The molecule has 1 saturated heterocycles. The Labute approximate surface area is 112 Å². The van der Waals surface area contributed by atoms with Crippen LogP contribution in [0.2, 0.25) is 0 Å². The maximum Gasteiger partial charge on any atom is 0.250 e. The summed E-state index contributed by atoms with van der Waals surface area (Å²) < 4.78 is 19.1. The van der Waals surface area contributed by atoms with Gasteiger partial charge in [0, 0.05) is 32.1 Å². The summed E-state index contributed by atoms with van der Waals surface area (Å²) in [5.41, 5.74) is 0.602. The Hall–Kier alpha value is -1.14. The number of halogens is 2. The largest absolute Gasteiger partial charge is 0.381 e. The molecule has 2 N–H and O–H groups in total. The van der Waals surface area contributed by atoms with Gasteiger partial charge in [0.2, 0.25) is 5.91 Å². The smallest absolute Gasteiger partial charge is 0.250 e. The van der Waals surface area contributed by atoms with Crippen LogP contribution >= 0.6 is 15.9 Å². The zero-order chi connectivity index (χ0) is 12.8. The molecule has 1 fully saturated rings. The molecule has 0 radical (unpaired) electrons. The second-order valence-electron chi connectivity index (χ2n) is 4.59. The SMILES string of the molecule is O=C1Nc2cc(F)c(Br)cc2NC12CCOCC2. The first-order valence-electron chi connectivity index (χ1n) is 5.77. The molecule has 0 aromatic heterocycles. The second-order valence-corrected chi connectivity index (χ2v) is 5.44. The number of hydrogen-bond donors (Lipinski definition) is 2. The van der Waals surface area contributed by atoms with E-state index in [1.807, 2.05) is 0 Å². The molecule has 3 rings (SSSR count). The highest BCUT2D eigenvalue weighted by Crippen LogP contribution is 2.38. The molecule has 0 unspecified atom stereocenters. The summed E-state index contributed by atoms with van der Waals surface area (Å²) >= 11 is 3.15. The van der Waals surface area contributed by atoms with Crippen LogP contribution in [-0.2, 0) is 9.53 Å². The Morgan fingerprint density at radius 3 is 2.72 bits per heavy atom. The average Bonchev–Trinajstić information content (AvgIpc) is 2.35. The monoisotopic (exact) mass is 314 g/mol. The van der Waals surface area contributed by atoms with Crippen molar-refractivity contribution < 1.29 is 13.9 Å². The van der Waals surface area contributed by atoms with Gasteiger partial charge in [0.05, 0.1) is 15.8 Å². The van der Waals surface area contributed by atoms with Crippen molar-refractivity contribution in [3.8, 4) is 0 Å². The minimum Gasteiger partial charge on any atom is -0.381 e. The zero-order valence-electron chi connectivity index (χ0n) is 9.56. The molecule has 2 aliphatic rings. The van der Waals surface area contributed by atoms with E-state index in [9.17, 15) is 9.18 Å². The Kier molecular flexibility index (Phi) is 2.79. The summed E-state index contributed by atoms with van der Waals surface area (Å²) in [5.74, 6) is -0.501. The van der Waals surface area contributed by atoms with Gasteiger partial charge in [-0.1, -0.05) is 0 Å². The maximum absolute atomic E-state index is 13.4. The Balaban J connectivity index is 2.00. The first kappa shape index (κ1) is 11.9. The van der Waals surface area contributed by atoms with Crippen LogP contribution in [0.15, 0.2) is 16.6 Å².